The normalized spacial score (nSPS) is 10.6. The summed E-state index contributed by atoms with van der Waals surface area (Å²) >= 11 is 2.12. The topological polar surface area (TPSA) is 87.6 Å². The third-order valence-corrected chi connectivity index (χ3v) is 4.73. The molecule has 2 aromatic carbocycles. The number of carbonyl (C=O) groups is 1. The molecular formula is C21H25IN2O6. The number of nitrogens with one attached hydrogen (secondary N) is 1. The van der Waals surface area contributed by atoms with Crippen molar-refractivity contribution in [2.24, 2.45) is 5.10 Å². The van der Waals surface area contributed by atoms with Crippen LogP contribution in [0.15, 0.2) is 35.4 Å². The van der Waals surface area contributed by atoms with E-state index in [1.165, 1.54) is 0 Å². The van der Waals surface area contributed by atoms with E-state index in [0.29, 0.717) is 36.1 Å². The smallest absolute Gasteiger partial charge is 0.344 e. The van der Waals surface area contributed by atoms with Crippen molar-refractivity contribution in [1.82, 2.24) is 5.43 Å². The van der Waals surface area contributed by atoms with E-state index in [9.17, 15) is 4.79 Å². The first-order chi connectivity index (χ1) is 14.5. The van der Waals surface area contributed by atoms with Crippen molar-refractivity contribution < 1.29 is 28.5 Å². The Balaban J connectivity index is 2.01. The summed E-state index contributed by atoms with van der Waals surface area (Å²) in [5, 5.41) is 4.26. The van der Waals surface area contributed by atoms with Gasteiger partial charge in [0.2, 0.25) is 0 Å². The van der Waals surface area contributed by atoms with E-state index >= 15 is 0 Å². The van der Waals surface area contributed by atoms with Gasteiger partial charge in [-0.2, -0.15) is 5.10 Å². The quantitative estimate of drug-likeness (QED) is 0.207. The summed E-state index contributed by atoms with van der Waals surface area (Å²) in [5.74, 6) is 1.91. The Kier molecular flexibility index (Phi) is 9.52. The van der Waals surface area contributed by atoms with Gasteiger partial charge >= 0.3 is 5.97 Å². The maximum atomic E-state index is 11.5. The predicted octanol–water partition coefficient (Wildman–Crippen LogP) is 3.38. The summed E-state index contributed by atoms with van der Waals surface area (Å²) in [5.41, 5.74) is 4.82. The zero-order valence-corrected chi connectivity index (χ0v) is 19.5. The zero-order valence-electron chi connectivity index (χ0n) is 17.4. The summed E-state index contributed by atoms with van der Waals surface area (Å²) in [7, 11) is 4.74. The number of benzene rings is 2. The molecule has 0 radical (unpaired) electrons. The number of halogens is 1. The average Bonchev–Trinajstić information content (AvgIpc) is 2.75. The highest BCUT2D eigenvalue weighted by molar-refractivity contribution is 14.1. The minimum absolute atomic E-state index is 0.180. The van der Waals surface area contributed by atoms with Gasteiger partial charge in [0, 0.05) is 0 Å². The summed E-state index contributed by atoms with van der Waals surface area (Å²) < 4.78 is 27.2. The van der Waals surface area contributed by atoms with E-state index in [4.69, 9.17) is 23.7 Å². The molecule has 0 amide bonds. The molecule has 0 aliphatic carbocycles. The molecule has 8 nitrogen and oxygen atoms in total. The predicted molar refractivity (Wildman–Crippen MR) is 122 cm³/mol. The number of rotatable bonds is 11. The van der Waals surface area contributed by atoms with Gasteiger partial charge in [0.15, 0.2) is 29.6 Å². The molecule has 0 heterocycles. The maximum absolute atomic E-state index is 11.5. The number of methoxy groups -OCH3 is 3. The minimum Gasteiger partial charge on any atom is -0.493 e. The first-order valence-corrected chi connectivity index (χ1v) is 10.2. The third-order valence-electron chi connectivity index (χ3n) is 3.93. The van der Waals surface area contributed by atoms with E-state index in [1.807, 2.05) is 24.3 Å². The molecule has 2 aromatic rings. The van der Waals surface area contributed by atoms with Crippen molar-refractivity contribution in [1.29, 1.82) is 0 Å². The third kappa shape index (κ3) is 6.68. The standard InChI is InChI=1S/C21H25IN2O6/c1-5-29-20(25)13-30-21-16(22)8-15(10-19(21)28-4)12-24-23-11-14-6-7-17(26-2)18(9-14)27-3/h6-10,12,23H,5,11,13H2,1-4H3/b24-12+. The van der Waals surface area contributed by atoms with Crippen molar-refractivity contribution in [3.05, 3.63) is 45.0 Å². The SMILES string of the molecule is CCOC(=O)COc1c(I)cc(/C=N/NCc2ccc(OC)c(OC)c2)cc1OC. The second-order valence-corrected chi connectivity index (χ2v) is 7.07. The molecule has 0 aliphatic rings. The lowest BCUT2D eigenvalue weighted by molar-refractivity contribution is -0.145. The van der Waals surface area contributed by atoms with Crippen LogP contribution in [0.2, 0.25) is 0 Å². The van der Waals surface area contributed by atoms with Crippen LogP contribution in [0, 0.1) is 3.57 Å². The van der Waals surface area contributed by atoms with E-state index in [-0.39, 0.29) is 6.61 Å². The molecule has 2 rings (SSSR count). The van der Waals surface area contributed by atoms with Crippen LogP contribution in [0.25, 0.3) is 0 Å². The Hall–Kier alpha value is -2.69. The minimum atomic E-state index is -0.430. The van der Waals surface area contributed by atoms with Crippen LogP contribution in [-0.4, -0.2) is 46.7 Å². The molecule has 0 fully saturated rings. The van der Waals surface area contributed by atoms with Gasteiger partial charge < -0.3 is 29.1 Å². The lowest BCUT2D eigenvalue weighted by Gasteiger charge is -2.13. The maximum Gasteiger partial charge on any atom is 0.344 e. The molecule has 0 unspecified atom stereocenters. The van der Waals surface area contributed by atoms with Gasteiger partial charge in [-0.15, -0.1) is 0 Å². The van der Waals surface area contributed by atoms with E-state index in [1.54, 1.807) is 40.5 Å². The number of nitrogens with zero attached hydrogens (tertiary/aromatic N) is 1. The highest BCUT2D eigenvalue weighted by Gasteiger charge is 2.13. The second kappa shape index (κ2) is 12.1. The Labute approximate surface area is 189 Å². The first kappa shape index (κ1) is 23.6. The fourth-order valence-corrected chi connectivity index (χ4v) is 3.32. The largest absolute Gasteiger partial charge is 0.493 e. The van der Waals surface area contributed by atoms with Gasteiger partial charge in [0.1, 0.15) is 0 Å². The van der Waals surface area contributed by atoms with E-state index in [0.717, 1.165) is 14.7 Å². The highest BCUT2D eigenvalue weighted by atomic mass is 127. The Bertz CT molecular complexity index is 888. The van der Waals surface area contributed by atoms with E-state index < -0.39 is 5.97 Å². The van der Waals surface area contributed by atoms with Crippen LogP contribution in [0.5, 0.6) is 23.0 Å². The molecular weight excluding hydrogens is 503 g/mol. The van der Waals surface area contributed by atoms with Crippen molar-refractivity contribution in [2.75, 3.05) is 34.5 Å². The van der Waals surface area contributed by atoms with Crippen LogP contribution in [0.3, 0.4) is 0 Å². The van der Waals surface area contributed by atoms with E-state index in [2.05, 4.69) is 33.1 Å². The Morgan fingerprint density at radius 1 is 1.07 bits per heavy atom. The molecule has 0 atom stereocenters. The lowest BCUT2D eigenvalue weighted by Crippen LogP contribution is -2.15. The van der Waals surface area contributed by atoms with Crippen molar-refractivity contribution >= 4 is 34.8 Å². The molecule has 9 heteroatoms. The van der Waals surface area contributed by atoms with Crippen molar-refractivity contribution in [3.8, 4) is 23.0 Å². The monoisotopic (exact) mass is 528 g/mol. The molecule has 1 N–H and O–H groups in total. The fraction of sp³-hybridized carbons (Fsp3) is 0.333. The van der Waals surface area contributed by atoms with Crippen molar-refractivity contribution in [2.45, 2.75) is 13.5 Å². The second-order valence-electron chi connectivity index (χ2n) is 5.91. The Morgan fingerprint density at radius 2 is 1.80 bits per heavy atom. The lowest BCUT2D eigenvalue weighted by atomic mass is 10.2. The molecule has 0 aromatic heterocycles. The average molecular weight is 528 g/mol. The fourth-order valence-electron chi connectivity index (χ4n) is 2.54. The molecule has 30 heavy (non-hydrogen) atoms. The number of hydrazone groups is 1. The molecule has 162 valence electrons. The summed E-state index contributed by atoms with van der Waals surface area (Å²) in [6, 6.07) is 9.34. The summed E-state index contributed by atoms with van der Waals surface area (Å²) in [6.45, 7) is 2.39. The van der Waals surface area contributed by atoms with Crippen LogP contribution in [0.4, 0.5) is 0 Å². The summed E-state index contributed by atoms with van der Waals surface area (Å²) in [4.78, 5) is 11.5. The number of hydrogen-bond donors (Lipinski definition) is 1. The van der Waals surface area contributed by atoms with Crippen LogP contribution < -0.4 is 24.4 Å². The van der Waals surface area contributed by atoms with Crippen LogP contribution in [0.1, 0.15) is 18.1 Å². The number of esters is 1. The number of hydrogen-bond acceptors (Lipinski definition) is 8. The molecule has 0 bridgehead atoms. The van der Waals surface area contributed by atoms with Gasteiger partial charge in [-0.3, -0.25) is 0 Å². The van der Waals surface area contributed by atoms with Gasteiger partial charge in [0.25, 0.3) is 0 Å². The van der Waals surface area contributed by atoms with Gasteiger partial charge in [-0.25, -0.2) is 4.79 Å². The number of carbonyl (C=O) groups excluding carboxylic acids is 1. The van der Waals surface area contributed by atoms with Gasteiger partial charge in [0.05, 0.1) is 44.3 Å². The van der Waals surface area contributed by atoms with Crippen molar-refractivity contribution in [3.63, 3.8) is 0 Å². The zero-order chi connectivity index (χ0) is 21.9. The Morgan fingerprint density at radius 3 is 2.47 bits per heavy atom. The van der Waals surface area contributed by atoms with Crippen LogP contribution >= 0.6 is 22.6 Å². The number of ether oxygens (including phenoxy) is 5. The molecule has 0 aliphatic heterocycles. The molecule has 0 saturated carbocycles. The van der Waals surface area contributed by atoms with Crippen LogP contribution in [-0.2, 0) is 16.1 Å². The first-order valence-electron chi connectivity index (χ1n) is 9.15. The highest BCUT2D eigenvalue weighted by Crippen LogP contribution is 2.33. The van der Waals surface area contributed by atoms with Gasteiger partial charge in [-0.05, 0) is 64.9 Å². The molecule has 0 saturated heterocycles. The molecule has 0 spiro atoms. The van der Waals surface area contributed by atoms with Gasteiger partial charge in [-0.1, -0.05) is 6.07 Å². The summed E-state index contributed by atoms with van der Waals surface area (Å²) in [6.07, 6.45) is 1.68.